The molecule has 4 atom stereocenters. The topological polar surface area (TPSA) is 202 Å². The summed E-state index contributed by atoms with van der Waals surface area (Å²) in [4.78, 5) is 76.3. The van der Waals surface area contributed by atoms with E-state index in [0.29, 0.717) is 25.7 Å². The van der Waals surface area contributed by atoms with Crippen LogP contribution in [-0.4, -0.2) is 77.8 Å². The number of hydrogen-bond donors (Lipinski definition) is 5. The third-order valence-electron chi connectivity index (χ3n) is 9.25. The van der Waals surface area contributed by atoms with E-state index in [-0.39, 0.29) is 50.1 Å². The van der Waals surface area contributed by atoms with Crippen molar-refractivity contribution in [2.45, 2.75) is 136 Å². The van der Waals surface area contributed by atoms with Gasteiger partial charge in [-0.3, -0.25) is 33.0 Å². The number of para-hydroxylation sites is 1. The number of fused-ring (bicyclic) bond motifs is 1. The van der Waals surface area contributed by atoms with Crippen molar-refractivity contribution >= 4 is 48.2 Å². The molecule has 0 radical (unpaired) electrons. The zero-order chi connectivity index (χ0) is 39.8. The van der Waals surface area contributed by atoms with E-state index in [4.69, 9.17) is 13.8 Å². The fourth-order valence-corrected chi connectivity index (χ4v) is 6.63. The number of carbonyl (C=O) groups is 5. The summed E-state index contributed by atoms with van der Waals surface area (Å²) in [6.45, 7) is 6.24. The lowest BCUT2D eigenvalue weighted by Crippen LogP contribution is -2.51. The van der Waals surface area contributed by atoms with Crippen molar-refractivity contribution in [2.24, 2.45) is 5.92 Å². The molecule has 0 saturated heterocycles. The molecule has 15 heteroatoms. The minimum atomic E-state index is -4.69. The Kier molecular flexibility index (Phi) is 22.7. The zero-order valence-electron chi connectivity index (χ0n) is 32.6. The van der Waals surface area contributed by atoms with Crippen LogP contribution in [0.4, 0.5) is 0 Å². The van der Waals surface area contributed by atoms with Gasteiger partial charge < -0.3 is 30.6 Å². The lowest BCUT2D eigenvalue weighted by molar-refractivity contribution is -0.141. The number of phosphoric ester groups is 1. The fraction of sp³-hybridized carbons (Fsp3) is 0.667. The van der Waals surface area contributed by atoms with Gasteiger partial charge in [-0.05, 0) is 36.8 Å². The van der Waals surface area contributed by atoms with Gasteiger partial charge in [-0.1, -0.05) is 96.8 Å². The number of ether oxygens (including phenoxy) is 1. The number of carbonyl (C=O) groups excluding carboxylic acids is 5. The standard InChI is InChI=1S/C39H63N4O10P/c1-5-7-8-9-10-11-12-13-14-22-36(46)42-34(35(45)21-17-18-24-51-30(4)44)28-53-54(49,50)52-25-23-40-39(48)38(29(3)6-2)43-37(47)26-31-27-41-33-20-16-15-19-32(31)33/h15-16,19-20,27,29,34,38,41H,5-14,17-18,21-26,28H2,1-4H3,(H,40,48)(H,42,46)(H,43,47)(H,49,50)/t29-,34-,38-/m0/s1. The number of aromatic nitrogens is 1. The van der Waals surface area contributed by atoms with Crippen LogP contribution in [-0.2, 0) is 48.7 Å². The molecule has 5 N–H and O–H groups in total. The van der Waals surface area contributed by atoms with Gasteiger partial charge in [0.05, 0.1) is 26.2 Å². The molecule has 0 aliphatic rings. The summed E-state index contributed by atoms with van der Waals surface area (Å²) in [6.07, 6.45) is 13.3. The summed E-state index contributed by atoms with van der Waals surface area (Å²) >= 11 is 0. The normalized spacial score (nSPS) is 14.1. The second-order valence-electron chi connectivity index (χ2n) is 13.8. The molecule has 54 heavy (non-hydrogen) atoms. The third kappa shape index (κ3) is 19.1. The summed E-state index contributed by atoms with van der Waals surface area (Å²) in [6, 6.07) is 5.59. The molecule has 1 unspecified atom stereocenters. The summed E-state index contributed by atoms with van der Waals surface area (Å²) in [5.41, 5.74) is 1.71. The number of rotatable bonds is 30. The number of Topliss-reactive ketones (excluding diaryl/α,β-unsaturated/α-hetero) is 1. The van der Waals surface area contributed by atoms with Crippen LogP contribution in [0.1, 0.15) is 123 Å². The molecular weight excluding hydrogens is 715 g/mol. The zero-order valence-corrected chi connectivity index (χ0v) is 33.5. The van der Waals surface area contributed by atoms with E-state index in [1.807, 2.05) is 38.1 Å². The van der Waals surface area contributed by atoms with Gasteiger partial charge in [-0.15, -0.1) is 0 Å². The van der Waals surface area contributed by atoms with Crippen molar-refractivity contribution in [1.82, 2.24) is 20.9 Å². The van der Waals surface area contributed by atoms with Gasteiger partial charge >= 0.3 is 13.8 Å². The van der Waals surface area contributed by atoms with Crippen LogP contribution in [0.25, 0.3) is 10.9 Å². The van der Waals surface area contributed by atoms with Crippen LogP contribution < -0.4 is 16.0 Å². The summed E-state index contributed by atoms with van der Waals surface area (Å²) in [5.74, 6) is -2.17. The average molecular weight is 779 g/mol. The number of H-pyrrole nitrogens is 1. The molecule has 14 nitrogen and oxygen atoms in total. The largest absolute Gasteiger partial charge is 0.472 e. The molecule has 0 aliphatic carbocycles. The van der Waals surface area contributed by atoms with Crippen molar-refractivity contribution in [2.75, 3.05) is 26.4 Å². The molecule has 0 bridgehead atoms. The molecule has 3 amide bonds. The van der Waals surface area contributed by atoms with E-state index in [0.717, 1.165) is 35.7 Å². The van der Waals surface area contributed by atoms with Gasteiger partial charge in [0, 0.05) is 43.4 Å². The Balaban J connectivity index is 1.84. The van der Waals surface area contributed by atoms with Crippen LogP contribution >= 0.6 is 7.82 Å². The maximum atomic E-state index is 13.1. The van der Waals surface area contributed by atoms with E-state index >= 15 is 0 Å². The monoisotopic (exact) mass is 778 g/mol. The fourth-order valence-electron chi connectivity index (χ4n) is 5.90. The molecule has 304 valence electrons. The smallest absolute Gasteiger partial charge is 0.466 e. The van der Waals surface area contributed by atoms with Crippen molar-refractivity contribution in [3.8, 4) is 0 Å². The Bertz CT molecular complexity index is 1500. The highest BCUT2D eigenvalue weighted by Gasteiger charge is 2.29. The number of benzene rings is 1. The molecule has 1 heterocycles. The van der Waals surface area contributed by atoms with Crippen LogP contribution in [0.3, 0.4) is 0 Å². The number of ketones is 1. The first-order chi connectivity index (χ1) is 25.9. The number of unbranched alkanes of at least 4 members (excludes halogenated alkanes) is 9. The highest BCUT2D eigenvalue weighted by Crippen LogP contribution is 2.43. The number of hydrogen-bond acceptors (Lipinski definition) is 9. The molecule has 0 spiro atoms. The molecule has 1 aromatic heterocycles. The first-order valence-electron chi connectivity index (χ1n) is 19.6. The summed E-state index contributed by atoms with van der Waals surface area (Å²) in [5, 5.41) is 9.03. The van der Waals surface area contributed by atoms with E-state index in [1.54, 1.807) is 6.20 Å². The van der Waals surface area contributed by atoms with Crippen molar-refractivity contribution in [3.05, 3.63) is 36.0 Å². The Labute approximate surface area is 320 Å². The number of amides is 3. The number of nitrogens with one attached hydrogen (secondary N) is 4. The van der Waals surface area contributed by atoms with Crippen LogP contribution in [0.2, 0.25) is 0 Å². The molecule has 2 aromatic rings. The second-order valence-corrected chi connectivity index (χ2v) is 15.3. The van der Waals surface area contributed by atoms with Crippen LogP contribution in [0.5, 0.6) is 0 Å². The van der Waals surface area contributed by atoms with Crippen molar-refractivity contribution in [1.29, 1.82) is 0 Å². The molecule has 0 fully saturated rings. The van der Waals surface area contributed by atoms with E-state index in [9.17, 15) is 33.4 Å². The minimum Gasteiger partial charge on any atom is -0.466 e. The van der Waals surface area contributed by atoms with Crippen LogP contribution in [0.15, 0.2) is 30.5 Å². The van der Waals surface area contributed by atoms with E-state index in [1.165, 1.54) is 39.0 Å². The summed E-state index contributed by atoms with van der Waals surface area (Å²) in [7, 11) is -4.69. The van der Waals surface area contributed by atoms with Gasteiger partial charge in [0.25, 0.3) is 0 Å². The predicted octanol–water partition coefficient (Wildman–Crippen LogP) is 6.20. The quantitative estimate of drug-likeness (QED) is 0.0345. The first kappa shape index (κ1) is 46.6. The summed E-state index contributed by atoms with van der Waals surface area (Å²) < 4.78 is 27.8. The van der Waals surface area contributed by atoms with Gasteiger partial charge in [-0.25, -0.2) is 4.57 Å². The Morgan fingerprint density at radius 3 is 2.19 bits per heavy atom. The Hall–Kier alpha value is -3.58. The number of esters is 1. The van der Waals surface area contributed by atoms with Crippen molar-refractivity contribution < 1.29 is 47.2 Å². The maximum Gasteiger partial charge on any atom is 0.472 e. The van der Waals surface area contributed by atoms with Crippen molar-refractivity contribution in [3.63, 3.8) is 0 Å². The van der Waals surface area contributed by atoms with Gasteiger partial charge in [0.1, 0.15) is 12.1 Å². The highest BCUT2D eigenvalue weighted by atomic mass is 31.2. The lowest BCUT2D eigenvalue weighted by atomic mass is 9.98. The SMILES string of the molecule is CCCCCCCCCCCC(=O)N[C@@H](COP(=O)(O)OCCNC(=O)[C@@H](NC(=O)Cc1c[nH]c2ccccc12)[C@@H](C)CC)C(=O)CCCCOC(C)=O. The Morgan fingerprint density at radius 2 is 1.50 bits per heavy atom. The number of phosphoric acid groups is 1. The average Bonchev–Trinajstić information content (AvgIpc) is 3.54. The molecule has 0 aliphatic heterocycles. The lowest BCUT2D eigenvalue weighted by Gasteiger charge is -2.24. The molecule has 1 aromatic carbocycles. The predicted molar refractivity (Wildman–Crippen MR) is 207 cm³/mol. The van der Waals surface area contributed by atoms with Crippen LogP contribution in [0, 0.1) is 5.92 Å². The molecule has 0 saturated carbocycles. The molecular formula is C39H63N4O10P. The number of aromatic amines is 1. The van der Waals surface area contributed by atoms with Gasteiger partial charge in [-0.2, -0.15) is 0 Å². The van der Waals surface area contributed by atoms with E-state index in [2.05, 4.69) is 27.9 Å². The minimum absolute atomic E-state index is 0.0336. The second kappa shape index (κ2) is 26.3. The van der Waals surface area contributed by atoms with E-state index < -0.39 is 50.8 Å². The molecule has 2 rings (SSSR count). The third-order valence-corrected chi connectivity index (χ3v) is 10.2. The van der Waals surface area contributed by atoms with Gasteiger partial charge in [0.2, 0.25) is 17.7 Å². The maximum absolute atomic E-state index is 13.1. The first-order valence-corrected chi connectivity index (χ1v) is 21.1. The Morgan fingerprint density at radius 1 is 0.833 bits per heavy atom. The van der Waals surface area contributed by atoms with Gasteiger partial charge in [0.15, 0.2) is 5.78 Å². The highest BCUT2D eigenvalue weighted by molar-refractivity contribution is 7.47.